The van der Waals surface area contributed by atoms with E-state index in [4.69, 9.17) is 0 Å². The summed E-state index contributed by atoms with van der Waals surface area (Å²) in [7, 11) is -3.52. The number of carboxylic acids is 1. The van der Waals surface area contributed by atoms with Crippen LogP contribution in [0.4, 0.5) is 0 Å². The number of aliphatic carboxylic acids is 1. The molecule has 104 valence electrons. The zero-order valence-electron chi connectivity index (χ0n) is 11.4. The van der Waals surface area contributed by atoms with E-state index < -0.39 is 15.8 Å². The molecule has 0 amide bonds. The smallest absolute Gasteiger partial charge is 0.549 e. The van der Waals surface area contributed by atoms with E-state index >= 15 is 0 Å². The van der Waals surface area contributed by atoms with Crippen LogP contribution in [0.1, 0.15) is 0 Å². The van der Waals surface area contributed by atoms with E-state index in [2.05, 4.69) is 0 Å². The Balaban J connectivity index is 0.00000220. The summed E-state index contributed by atoms with van der Waals surface area (Å²) < 4.78 is 24.6. The summed E-state index contributed by atoms with van der Waals surface area (Å²) in [4.78, 5) is 11.5. The molecular formula is C14H11KO4S2. The molecule has 4 nitrogen and oxygen atoms in total. The summed E-state index contributed by atoms with van der Waals surface area (Å²) in [6, 6.07) is 14.3. The molecule has 0 saturated carbocycles. The Kier molecular flexibility index (Phi) is 7.62. The molecule has 0 N–H and O–H groups in total. The fraction of sp³-hybridized carbons (Fsp3) is 0.0714. The third-order valence-corrected chi connectivity index (χ3v) is 5.32. The molecule has 0 unspecified atom stereocenters. The first-order chi connectivity index (χ1) is 9.50. The Morgan fingerprint density at radius 3 is 2.00 bits per heavy atom. The maximum atomic E-state index is 12.3. The van der Waals surface area contributed by atoms with Crippen LogP contribution in [0, 0.1) is 0 Å². The van der Waals surface area contributed by atoms with E-state index in [1.807, 2.05) is 0 Å². The molecule has 2 rings (SSSR count). The van der Waals surface area contributed by atoms with Crippen molar-refractivity contribution in [3.63, 3.8) is 0 Å². The molecule has 21 heavy (non-hydrogen) atoms. The molecule has 0 bridgehead atoms. The van der Waals surface area contributed by atoms with Crippen molar-refractivity contribution in [2.24, 2.45) is 0 Å². The van der Waals surface area contributed by atoms with E-state index in [0.29, 0.717) is 4.90 Å². The monoisotopic (exact) mass is 346 g/mol. The Morgan fingerprint density at radius 2 is 1.48 bits per heavy atom. The van der Waals surface area contributed by atoms with Gasteiger partial charge in [0, 0.05) is 10.6 Å². The summed E-state index contributed by atoms with van der Waals surface area (Å²) in [5.41, 5.74) is 0. The van der Waals surface area contributed by atoms with E-state index in [1.54, 1.807) is 30.3 Å². The number of carbonyl (C=O) groups is 1. The number of rotatable bonds is 5. The van der Waals surface area contributed by atoms with Crippen molar-refractivity contribution >= 4 is 27.6 Å². The van der Waals surface area contributed by atoms with Crippen LogP contribution in [0.15, 0.2) is 69.3 Å². The molecule has 0 aromatic heterocycles. The normalized spacial score (nSPS) is 10.7. The van der Waals surface area contributed by atoms with Gasteiger partial charge in [-0.2, -0.15) is 0 Å². The van der Waals surface area contributed by atoms with Gasteiger partial charge in [-0.1, -0.05) is 18.2 Å². The number of benzene rings is 2. The van der Waals surface area contributed by atoms with Gasteiger partial charge in [-0.15, -0.1) is 11.8 Å². The van der Waals surface area contributed by atoms with Gasteiger partial charge in [0.15, 0.2) is 0 Å². The predicted molar refractivity (Wildman–Crippen MR) is 74.1 cm³/mol. The molecule has 0 spiro atoms. The Hall–Kier alpha value is -0.154. The van der Waals surface area contributed by atoms with Crippen molar-refractivity contribution in [2.75, 3.05) is 5.75 Å². The van der Waals surface area contributed by atoms with Crippen molar-refractivity contribution in [1.82, 2.24) is 0 Å². The summed E-state index contributed by atoms with van der Waals surface area (Å²) in [5, 5.41) is 10.4. The number of hydrogen-bond donors (Lipinski definition) is 0. The van der Waals surface area contributed by atoms with E-state index in [0.717, 1.165) is 11.8 Å². The quantitative estimate of drug-likeness (QED) is 0.480. The SMILES string of the molecule is O=C([O-])CSc1ccc(S(=O)(=O)c2ccccc2)cc1.[K+]. The third kappa shape index (κ3) is 5.21. The van der Waals surface area contributed by atoms with Crippen molar-refractivity contribution in [1.29, 1.82) is 0 Å². The minimum absolute atomic E-state index is 0. The van der Waals surface area contributed by atoms with Gasteiger partial charge in [0.1, 0.15) is 0 Å². The maximum Gasteiger partial charge on any atom is 1.00 e. The first-order valence-electron chi connectivity index (χ1n) is 5.73. The zero-order valence-corrected chi connectivity index (χ0v) is 16.1. The molecular weight excluding hydrogens is 335 g/mol. The van der Waals surface area contributed by atoms with Crippen molar-refractivity contribution < 1.29 is 69.7 Å². The molecule has 0 radical (unpaired) electrons. The van der Waals surface area contributed by atoms with Gasteiger partial charge >= 0.3 is 51.4 Å². The second-order valence-electron chi connectivity index (χ2n) is 3.95. The van der Waals surface area contributed by atoms with Gasteiger partial charge in [-0.3, -0.25) is 0 Å². The van der Waals surface area contributed by atoms with Crippen molar-refractivity contribution in [3.8, 4) is 0 Å². The molecule has 0 fully saturated rings. The van der Waals surface area contributed by atoms with Crippen LogP contribution in [0.25, 0.3) is 0 Å². The van der Waals surface area contributed by atoms with Crippen LogP contribution in [0.5, 0.6) is 0 Å². The summed E-state index contributed by atoms with van der Waals surface area (Å²) >= 11 is 1.09. The average molecular weight is 346 g/mol. The van der Waals surface area contributed by atoms with E-state index in [1.165, 1.54) is 24.3 Å². The fourth-order valence-corrected chi connectivity index (χ4v) is 3.49. The van der Waals surface area contributed by atoms with Crippen LogP contribution in [-0.4, -0.2) is 20.1 Å². The predicted octanol–water partition coefficient (Wildman–Crippen LogP) is -1.63. The fourth-order valence-electron chi connectivity index (χ4n) is 1.59. The molecule has 2 aromatic carbocycles. The van der Waals surface area contributed by atoms with Gasteiger partial charge in [0.05, 0.1) is 15.8 Å². The molecule has 0 heterocycles. The largest absolute Gasteiger partial charge is 1.00 e. The van der Waals surface area contributed by atoms with Gasteiger partial charge in [-0.25, -0.2) is 8.42 Å². The number of carbonyl (C=O) groups excluding carboxylic acids is 1. The van der Waals surface area contributed by atoms with Gasteiger partial charge in [0.25, 0.3) is 0 Å². The zero-order chi connectivity index (χ0) is 14.6. The van der Waals surface area contributed by atoms with Crippen LogP contribution >= 0.6 is 11.8 Å². The standard InChI is InChI=1S/C14H12O4S2.K/c15-14(16)10-19-11-6-8-13(9-7-11)20(17,18)12-4-2-1-3-5-12;/h1-9H,10H2,(H,15,16);/q;+1/p-1. The van der Waals surface area contributed by atoms with Gasteiger partial charge < -0.3 is 9.90 Å². The number of carboxylic acid groups (broad SMARTS) is 1. The molecule has 0 aliphatic heterocycles. The van der Waals surface area contributed by atoms with Crippen LogP contribution < -0.4 is 56.5 Å². The summed E-state index contributed by atoms with van der Waals surface area (Å²) in [6.45, 7) is 0. The Bertz CT molecular complexity index is 698. The summed E-state index contributed by atoms with van der Waals surface area (Å²) in [5.74, 6) is -1.32. The van der Waals surface area contributed by atoms with Crippen LogP contribution in [0.2, 0.25) is 0 Å². The second kappa shape index (κ2) is 8.47. The minimum atomic E-state index is -3.52. The minimum Gasteiger partial charge on any atom is -0.549 e. The van der Waals surface area contributed by atoms with E-state index in [9.17, 15) is 18.3 Å². The second-order valence-corrected chi connectivity index (χ2v) is 6.95. The van der Waals surface area contributed by atoms with Crippen molar-refractivity contribution in [3.05, 3.63) is 54.6 Å². The first-order valence-corrected chi connectivity index (χ1v) is 8.20. The molecule has 7 heteroatoms. The Morgan fingerprint density at radius 1 is 0.952 bits per heavy atom. The summed E-state index contributed by atoms with van der Waals surface area (Å²) in [6.07, 6.45) is 0. The van der Waals surface area contributed by atoms with E-state index in [-0.39, 0.29) is 66.9 Å². The molecule has 0 atom stereocenters. The molecule has 0 aliphatic rings. The number of hydrogen-bond acceptors (Lipinski definition) is 5. The van der Waals surface area contributed by atoms with Crippen molar-refractivity contribution in [2.45, 2.75) is 14.7 Å². The molecule has 0 saturated heterocycles. The van der Waals surface area contributed by atoms with Gasteiger partial charge in [-0.05, 0) is 36.4 Å². The molecule has 2 aromatic rings. The third-order valence-electron chi connectivity index (χ3n) is 2.54. The maximum absolute atomic E-state index is 12.3. The Labute approximate surface area is 170 Å². The van der Waals surface area contributed by atoms with Gasteiger partial charge in [0.2, 0.25) is 9.84 Å². The number of thioether (sulfide) groups is 1. The van der Waals surface area contributed by atoms with Crippen LogP contribution in [0.3, 0.4) is 0 Å². The number of sulfone groups is 1. The average Bonchev–Trinajstić information content (AvgIpc) is 2.46. The molecule has 0 aliphatic carbocycles. The first kappa shape index (κ1) is 18.9. The van der Waals surface area contributed by atoms with Crippen LogP contribution in [-0.2, 0) is 14.6 Å². The topological polar surface area (TPSA) is 74.3 Å².